The minimum absolute atomic E-state index is 0.526. The van der Waals surface area contributed by atoms with Gasteiger partial charge in [0.15, 0.2) is 0 Å². The van der Waals surface area contributed by atoms with Gasteiger partial charge in [-0.2, -0.15) is 5.26 Å². The monoisotopic (exact) mass is 187 g/mol. The van der Waals surface area contributed by atoms with Gasteiger partial charge in [-0.1, -0.05) is 12.1 Å². The van der Waals surface area contributed by atoms with Crippen LogP contribution in [0.4, 0.5) is 0 Å². The molecule has 1 aromatic carbocycles. The Bertz CT molecular complexity index is 476. The summed E-state index contributed by atoms with van der Waals surface area (Å²) in [4.78, 5) is 1.16. The third-order valence-corrected chi connectivity index (χ3v) is 3.08. The second-order valence-electron chi connectivity index (χ2n) is 3.09. The maximum Gasteiger partial charge on any atom is 0.0696 e. The first-order valence-corrected chi connectivity index (χ1v) is 4.97. The lowest BCUT2D eigenvalue weighted by molar-refractivity contribution is 1.32. The first-order chi connectivity index (χ1) is 6.29. The molecule has 0 amide bonds. The van der Waals surface area contributed by atoms with Gasteiger partial charge in [0.25, 0.3) is 0 Å². The number of benzene rings is 1. The Balaban J connectivity index is 2.57. The Hall–Kier alpha value is -1.33. The molecule has 0 spiro atoms. The molecule has 13 heavy (non-hydrogen) atoms. The van der Waals surface area contributed by atoms with Gasteiger partial charge in [0.2, 0.25) is 0 Å². The normalized spacial score (nSPS) is 10.2. The first kappa shape index (κ1) is 8.28. The van der Waals surface area contributed by atoms with Gasteiger partial charge in [0.1, 0.15) is 0 Å². The van der Waals surface area contributed by atoms with Crippen LogP contribution in [0, 0.1) is 18.3 Å². The molecular weight excluding hydrogens is 178 g/mol. The van der Waals surface area contributed by atoms with Crippen LogP contribution in [-0.4, -0.2) is 0 Å². The third kappa shape index (κ3) is 1.56. The smallest absolute Gasteiger partial charge is 0.0696 e. The SMILES string of the molecule is Cc1ccc2cc(CC#N)sc2c1. The third-order valence-electron chi connectivity index (χ3n) is 1.98. The quantitative estimate of drug-likeness (QED) is 0.672. The van der Waals surface area contributed by atoms with E-state index in [1.807, 2.05) is 0 Å². The molecule has 2 rings (SSSR count). The average molecular weight is 187 g/mol. The van der Waals surface area contributed by atoms with Crippen LogP contribution in [0.1, 0.15) is 10.4 Å². The summed E-state index contributed by atoms with van der Waals surface area (Å²) in [6, 6.07) is 10.7. The Labute approximate surface area is 81.2 Å². The number of aryl methyl sites for hydroxylation is 1. The summed E-state index contributed by atoms with van der Waals surface area (Å²) in [5.41, 5.74) is 1.28. The van der Waals surface area contributed by atoms with E-state index in [9.17, 15) is 0 Å². The van der Waals surface area contributed by atoms with Crippen molar-refractivity contribution >= 4 is 21.4 Å². The minimum atomic E-state index is 0.526. The number of nitriles is 1. The maximum absolute atomic E-state index is 8.56. The lowest BCUT2D eigenvalue weighted by Gasteiger charge is -1.89. The molecule has 0 saturated heterocycles. The molecule has 1 aromatic heterocycles. The van der Waals surface area contributed by atoms with E-state index in [2.05, 4.69) is 37.3 Å². The number of hydrogen-bond acceptors (Lipinski definition) is 2. The van der Waals surface area contributed by atoms with Crippen molar-refractivity contribution in [3.63, 3.8) is 0 Å². The number of fused-ring (bicyclic) bond motifs is 1. The Morgan fingerprint density at radius 2 is 2.23 bits per heavy atom. The van der Waals surface area contributed by atoms with Gasteiger partial charge in [-0.15, -0.1) is 11.3 Å². The maximum atomic E-state index is 8.56. The van der Waals surface area contributed by atoms with Gasteiger partial charge in [0, 0.05) is 9.58 Å². The average Bonchev–Trinajstić information content (AvgIpc) is 2.46. The summed E-state index contributed by atoms with van der Waals surface area (Å²) in [7, 11) is 0. The van der Waals surface area contributed by atoms with Crippen LogP contribution in [0.3, 0.4) is 0 Å². The van der Waals surface area contributed by atoms with Crippen molar-refractivity contribution < 1.29 is 0 Å². The topological polar surface area (TPSA) is 23.8 Å². The van der Waals surface area contributed by atoms with Crippen LogP contribution in [0.25, 0.3) is 10.1 Å². The molecule has 0 fully saturated rings. The Kier molecular flexibility index (Phi) is 2.03. The van der Waals surface area contributed by atoms with Gasteiger partial charge in [-0.25, -0.2) is 0 Å². The Morgan fingerprint density at radius 1 is 1.38 bits per heavy atom. The van der Waals surface area contributed by atoms with Gasteiger partial charge < -0.3 is 0 Å². The fourth-order valence-corrected chi connectivity index (χ4v) is 2.45. The molecule has 1 heterocycles. The molecule has 0 aliphatic carbocycles. The lowest BCUT2D eigenvalue weighted by atomic mass is 10.2. The molecule has 64 valence electrons. The van der Waals surface area contributed by atoms with E-state index in [1.54, 1.807) is 11.3 Å². The molecule has 0 atom stereocenters. The second kappa shape index (κ2) is 3.20. The zero-order chi connectivity index (χ0) is 9.26. The van der Waals surface area contributed by atoms with Crippen LogP contribution in [0.5, 0.6) is 0 Å². The van der Waals surface area contributed by atoms with E-state index in [1.165, 1.54) is 15.6 Å². The standard InChI is InChI=1S/C11H9NS/c1-8-2-3-9-7-10(4-5-12)13-11(9)6-8/h2-3,6-7H,4H2,1H3. The summed E-state index contributed by atoms with van der Waals surface area (Å²) < 4.78 is 1.28. The highest BCUT2D eigenvalue weighted by Gasteiger charge is 2.00. The predicted octanol–water partition coefficient (Wildman–Crippen LogP) is 3.28. The summed E-state index contributed by atoms with van der Waals surface area (Å²) in [6.45, 7) is 2.09. The fourth-order valence-electron chi connectivity index (χ4n) is 1.36. The number of nitrogens with zero attached hydrogens (tertiary/aromatic N) is 1. The second-order valence-corrected chi connectivity index (χ2v) is 4.26. The van der Waals surface area contributed by atoms with E-state index >= 15 is 0 Å². The predicted molar refractivity (Wildman–Crippen MR) is 55.9 cm³/mol. The molecule has 0 aliphatic heterocycles. The van der Waals surface area contributed by atoms with E-state index < -0.39 is 0 Å². The van der Waals surface area contributed by atoms with Crippen LogP contribution in [0.15, 0.2) is 24.3 Å². The summed E-state index contributed by atoms with van der Waals surface area (Å²) in [5, 5.41) is 9.81. The highest BCUT2D eigenvalue weighted by molar-refractivity contribution is 7.19. The van der Waals surface area contributed by atoms with Crippen molar-refractivity contribution in [3.8, 4) is 6.07 Å². The van der Waals surface area contributed by atoms with Crippen LogP contribution >= 0.6 is 11.3 Å². The van der Waals surface area contributed by atoms with Gasteiger partial charge in [-0.3, -0.25) is 0 Å². The first-order valence-electron chi connectivity index (χ1n) is 4.15. The highest BCUT2D eigenvalue weighted by Crippen LogP contribution is 2.26. The number of thiophene rings is 1. The van der Waals surface area contributed by atoms with E-state index in [0.717, 1.165) is 4.88 Å². The fraction of sp³-hybridized carbons (Fsp3) is 0.182. The molecule has 0 bridgehead atoms. The van der Waals surface area contributed by atoms with Crippen LogP contribution in [0.2, 0.25) is 0 Å². The van der Waals surface area contributed by atoms with E-state index in [-0.39, 0.29) is 0 Å². The summed E-state index contributed by atoms with van der Waals surface area (Å²) in [5.74, 6) is 0. The molecule has 0 N–H and O–H groups in total. The van der Waals surface area contributed by atoms with E-state index in [0.29, 0.717) is 6.42 Å². The van der Waals surface area contributed by atoms with Crippen LogP contribution in [-0.2, 0) is 6.42 Å². The largest absolute Gasteiger partial charge is 0.198 e. The van der Waals surface area contributed by atoms with Crippen molar-refractivity contribution in [1.29, 1.82) is 5.26 Å². The Morgan fingerprint density at radius 3 is 3.00 bits per heavy atom. The summed E-state index contributed by atoms with van der Waals surface area (Å²) in [6.07, 6.45) is 0.526. The molecule has 1 nitrogen and oxygen atoms in total. The van der Waals surface area contributed by atoms with Crippen molar-refractivity contribution in [2.75, 3.05) is 0 Å². The van der Waals surface area contributed by atoms with Gasteiger partial charge in [0.05, 0.1) is 12.5 Å². The van der Waals surface area contributed by atoms with Crippen molar-refractivity contribution in [1.82, 2.24) is 0 Å². The molecule has 2 aromatic rings. The summed E-state index contributed by atoms with van der Waals surface area (Å²) >= 11 is 1.71. The zero-order valence-corrected chi connectivity index (χ0v) is 8.19. The lowest BCUT2D eigenvalue weighted by Crippen LogP contribution is -1.68. The minimum Gasteiger partial charge on any atom is -0.198 e. The van der Waals surface area contributed by atoms with Gasteiger partial charge >= 0.3 is 0 Å². The van der Waals surface area contributed by atoms with Crippen molar-refractivity contribution in [3.05, 3.63) is 34.7 Å². The molecular formula is C11H9NS. The van der Waals surface area contributed by atoms with Crippen molar-refractivity contribution in [2.45, 2.75) is 13.3 Å². The molecule has 0 radical (unpaired) electrons. The van der Waals surface area contributed by atoms with Gasteiger partial charge in [-0.05, 0) is 30.0 Å². The highest BCUT2D eigenvalue weighted by atomic mass is 32.1. The van der Waals surface area contributed by atoms with E-state index in [4.69, 9.17) is 5.26 Å². The molecule has 0 saturated carbocycles. The van der Waals surface area contributed by atoms with Crippen LogP contribution < -0.4 is 0 Å². The zero-order valence-electron chi connectivity index (χ0n) is 7.37. The number of rotatable bonds is 1. The van der Waals surface area contributed by atoms with Crippen molar-refractivity contribution in [2.24, 2.45) is 0 Å². The molecule has 2 heteroatoms. The number of hydrogen-bond donors (Lipinski definition) is 0. The molecule has 0 aliphatic rings. The molecule has 0 unspecified atom stereocenters.